The molecule has 24 heavy (non-hydrogen) atoms. The molecule has 0 unspecified atom stereocenters. The van der Waals surface area contributed by atoms with Gasteiger partial charge in [-0.2, -0.15) is 0 Å². The van der Waals surface area contributed by atoms with Gasteiger partial charge in [-0.25, -0.2) is 0 Å². The lowest BCUT2D eigenvalue weighted by molar-refractivity contribution is 0.0980. The minimum Gasteiger partial charge on any atom is -0.506 e. The standard InChI is InChI=1S/C21H29NO2/c1-2-3-4-5-6-7-8-9-10-13-19(23)17-14-15-20(24)21-18(17)12-11-16-22-21/h11-12,14-16,24H,2-10,13H2,1H3. The van der Waals surface area contributed by atoms with E-state index < -0.39 is 0 Å². The molecule has 3 heteroatoms. The summed E-state index contributed by atoms with van der Waals surface area (Å²) in [6, 6.07) is 6.94. The Morgan fingerprint density at radius 2 is 1.62 bits per heavy atom. The summed E-state index contributed by atoms with van der Waals surface area (Å²) in [7, 11) is 0. The molecule has 2 rings (SSSR count). The van der Waals surface area contributed by atoms with Crippen LogP contribution < -0.4 is 0 Å². The Morgan fingerprint density at radius 3 is 2.33 bits per heavy atom. The highest BCUT2D eigenvalue weighted by Crippen LogP contribution is 2.26. The summed E-state index contributed by atoms with van der Waals surface area (Å²) in [6.07, 6.45) is 13.4. The maximum Gasteiger partial charge on any atom is 0.163 e. The number of unbranched alkanes of at least 4 members (excludes halogenated alkanes) is 8. The number of Topliss-reactive ketones (excluding diaryl/α,β-unsaturated/α-hetero) is 1. The maximum absolute atomic E-state index is 12.5. The third-order valence-corrected chi connectivity index (χ3v) is 4.56. The molecule has 130 valence electrons. The van der Waals surface area contributed by atoms with E-state index >= 15 is 0 Å². The van der Waals surface area contributed by atoms with Crippen LogP contribution in [0.25, 0.3) is 10.9 Å². The lowest BCUT2D eigenvalue weighted by Gasteiger charge is -2.07. The number of aromatic nitrogens is 1. The number of nitrogens with zero attached hydrogens (tertiary/aromatic N) is 1. The second kappa shape index (κ2) is 10.1. The van der Waals surface area contributed by atoms with E-state index in [1.165, 1.54) is 44.9 Å². The highest BCUT2D eigenvalue weighted by molar-refractivity contribution is 6.08. The Kier molecular flexibility index (Phi) is 7.73. The monoisotopic (exact) mass is 327 g/mol. The third-order valence-electron chi connectivity index (χ3n) is 4.56. The summed E-state index contributed by atoms with van der Waals surface area (Å²) in [5.74, 6) is 0.279. The first-order chi connectivity index (χ1) is 11.7. The molecule has 0 aliphatic rings. The molecule has 0 saturated heterocycles. The Bertz CT molecular complexity index is 651. The number of hydrogen-bond donors (Lipinski definition) is 1. The first kappa shape index (κ1) is 18.4. The van der Waals surface area contributed by atoms with Gasteiger partial charge in [0.1, 0.15) is 11.3 Å². The summed E-state index contributed by atoms with van der Waals surface area (Å²) in [4.78, 5) is 16.6. The number of fused-ring (bicyclic) bond motifs is 1. The SMILES string of the molecule is CCCCCCCCCCCC(=O)c1ccc(O)c2ncccc12. The highest BCUT2D eigenvalue weighted by Gasteiger charge is 2.12. The Labute approximate surface area is 145 Å². The van der Waals surface area contributed by atoms with E-state index in [2.05, 4.69) is 11.9 Å². The number of phenols is 1. The number of benzene rings is 1. The van der Waals surface area contributed by atoms with Crippen molar-refractivity contribution in [2.75, 3.05) is 0 Å². The molecule has 0 spiro atoms. The number of ketones is 1. The maximum atomic E-state index is 12.5. The summed E-state index contributed by atoms with van der Waals surface area (Å²) < 4.78 is 0. The second-order valence-electron chi connectivity index (χ2n) is 6.53. The summed E-state index contributed by atoms with van der Waals surface area (Å²) >= 11 is 0. The number of aromatic hydroxyl groups is 1. The summed E-state index contributed by atoms with van der Waals surface area (Å²) in [5, 5.41) is 10.6. The van der Waals surface area contributed by atoms with Gasteiger partial charge in [0.25, 0.3) is 0 Å². The number of rotatable bonds is 11. The molecule has 0 aliphatic heterocycles. The van der Waals surface area contributed by atoms with E-state index in [9.17, 15) is 9.90 Å². The van der Waals surface area contributed by atoms with Crippen LogP contribution in [-0.2, 0) is 0 Å². The van der Waals surface area contributed by atoms with Gasteiger partial charge in [-0.15, -0.1) is 0 Å². The van der Waals surface area contributed by atoms with Crippen molar-refractivity contribution in [2.24, 2.45) is 0 Å². The molecule has 1 heterocycles. The molecular weight excluding hydrogens is 298 g/mol. The van der Waals surface area contributed by atoms with Gasteiger partial charge in [-0.3, -0.25) is 9.78 Å². The van der Waals surface area contributed by atoms with Gasteiger partial charge in [0, 0.05) is 23.6 Å². The zero-order valence-electron chi connectivity index (χ0n) is 14.8. The molecule has 1 aromatic carbocycles. The Balaban J connectivity index is 1.75. The van der Waals surface area contributed by atoms with Crippen LogP contribution >= 0.6 is 0 Å². The third kappa shape index (κ3) is 5.33. The van der Waals surface area contributed by atoms with Crippen LogP contribution in [0.15, 0.2) is 30.5 Å². The van der Waals surface area contributed by atoms with E-state index in [1.807, 2.05) is 6.07 Å². The van der Waals surface area contributed by atoms with Crippen LogP contribution in [0.4, 0.5) is 0 Å². The quantitative estimate of drug-likeness (QED) is 0.404. The fraction of sp³-hybridized carbons (Fsp3) is 0.524. The van der Waals surface area contributed by atoms with Gasteiger partial charge < -0.3 is 5.11 Å². The highest BCUT2D eigenvalue weighted by atomic mass is 16.3. The van der Waals surface area contributed by atoms with Crippen molar-refractivity contribution in [2.45, 2.75) is 71.1 Å². The van der Waals surface area contributed by atoms with Crippen molar-refractivity contribution in [1.29, 1.82) is 0 Å². The molecule has 0 radical (unpaired) electrons. The van der Waals surface area contributed by atoms with Crippen molar-refractivity contribution < 1.29 is 9.90 Å². The normalized spacial score (nSPS) is 11.0. The van der Waals surface area contributed by atoms with Crippen molar-refractivity contribution in [1.82, 2.24) is 4.98 Å². The molecule has 0 bridgehead atoms. The first-order valence-electron chi connectivity index (χ1n) is 9.34. The van der Waals surface area contributed by atoms with Gasteiger partial charge >= 0.3 is 0 Å². The minimum absolute atomic E-state index is 0.130. The predicted molar refractivity (Wildman–Crippen MR) is 99.6 cm³/mol. The smallest absolute Gasteiger partial charge is 0.163 e. The molecule has 1 aromatic heterocycles. The molecule has 0 fully saturated rings. The molecule has 1 N–H and O–H groups in total. The van der Waals surface area contributed by atoms with Crippen LogP contribution in [0.1, 0.15) is 81.5 Å². The van der Waals surface area contributed by atoms with Crippen LogP contribution in [0.3, 0.4) is 0 Å². The Morgan fingerprint density at radius 1 is 0.958 bits per heavy atom. The van der Waals surface area contributed by atoms with E-state index in [1.54, 1.807) is 24.4 Å². The molecule has 2 aromatic rings. The van der Waals surface area contributed by atoms with Crippen molar-refractivity contribution >= 4 is 16.7 Å². The van der Waals surface area contributed by atoms with Crippen LogP contribution in [0.2, 0.25) is 0 Å². The molecule has 0 amide bonds. The van der Waals surface area contributed by atoms with Crippen LogP contribution in [0, 0.1) is 0 Å². The van der Waals surface area contributed by atoms with Crippen molar-refractivity contribution in [3.05, 3.63) is 36.0 Å². The minimum atomic E-state index is 0.130. The van der Waals surface area contributed by atoms with Crippen LogP contribution in [0.5, 0.6) is 5.75 Å². The van der Waals surface area contributed by atoms with Gasteiger partial charge in [-0.05, 0) is 24.6 Å². The fourth-order valence-electron chi connectivity index (χ4n) is 3.13. The van der Waals surface area contributed by atoms with Crippen molar-refractivity contribution in [3.63, 3.8) is 0 Å². The molecule has 3 nitrogen and oxygen atoms in total. The van der Waals surface area contributed by atoms with Gasteiger partial charge in [-0.1, -0.05) is 64.4 Å². The topological polar surface area (TPSA) is 50.2 Å². The molecule has 0 saturated carbocycles. The van der Waals surface area contributed by atoms with Gasteiger partial charge in [0.2, 0.25) is 0 Å². The second-order valence-corrected chi connectivity index (χ2v) is 6.53. The van der Waals surface area contributed by atoms with E-state index in [0.717, 1.165) is 18.2 Å². The molecule has 0 aliphatic carbocycles. The first-order valence-corrected chi connectivity index (χ1v) is 9.34. The number of phenolic OH excluding ortho intramolecular Hbond substituents is 1. The van der Waals surface area contributed by atoms with Crippen molar-refractivity contribution in [3.8, 4) is 5.75 Å². The number of pyridine rings is 1. The number of carbonyl (C=O) groups is 1. The largest absolute Gasteiger partial charge is 0.506 e. The fourth-order valence-corrected chi connectivity index (χ4v) is 3.13. The van der Waals surface area contributed by atoms with Crippen LogP contribution in [-0.4, -0.2) is 15.9 Å². The lowest BCUT2D eigenvalue weighted by Crippen LogP contribution is -2.00. The van der Waals surface area contributed by atoms with E-state index in [-0.39, 0.29) is 11.5 Å². The molecular formula is C21H29NO2. The van der Waals surface area contributed by atoms with Gasteiger partial charge in [0.15, 0.2) is 5.78 Å². The zero-order chi connectivity index (χ0) is 17.2. The Hall–Kier alpha value is -1.90. The zero-order valence-corrected chi connectivity index (χ0v) is 14.8. The number of carbonyl (C=O) groups excluding carboxylic acids is 1. The van der Waals surface area contributed by atoms with E-state index in [0.29, 0.717) is 17.5 Å². The van der Waals surface area contributed by atoms with E-state index in [4.69, 9.17) is 0 Å². The summed E-state index contributed by atoms with van der Waals surface area (Å²) in [6.45, 7) is 2.24. The molecule has 0 atom stereocenters. The predicted octanol–water partition coefficient (Wildman–Crippen LogP) is 6.04. The lowest BCUT2D eigenvalue weighted by atomic mass is 9.99. The number of hydrogen-bond acceptors (Lipinski definition) is 3. The summed E-state index contributed by atoms with van der Waals surface area (Å²) in [5.41, 5.74) is 1.19. The average Bonchev–Trinajstić information content (AvgIpc) is 2.60. The average molecular weight is 327 g/mol. The van der Waals surface area contributed by atoms with Gasteiger partial charge in [0.05, 0.1) is 0 Å².